The molecule has 0 atom stereocenters. The highest BCUT2D eigenvalue weighted by atomic mass is 32.2. The monoisotopic (exact) mass is 466 g/mol. The highest BCUT2D eigenvalue weighted by Crippen LogP contribution is 2.30. The van der Waals surface area contributed by atoms with Gasteiger partial charge >= 0.3 is 0 Å². The summed E-state index contributed by atoms with van der Waals surface area (Å²) < 4.78 is 53.0. The second-order valence-electron chi connectivity index (χ2n) is 7.68. The Labute approximate surface area is 197 Å². The van der Waals surface area contributed by atoms with E-state index in [9.17, 15) is 8.42 Å². The molecule has 0 aliphatic heterocycles. The normalized spacial score (nSPS) is 13.2. The highest BCUT2D eigenvalue weighted by Gasteiger charge is 2.20. The SMILES string of the molecule is [2H]c1cc(CNC([2H])[2H])ccc1-c1cc(-c2nc(-c3ccc(S(=O)(=O)C(C)C)cc3)cnc2N)on1. The number of nitrogens with zero attached hydrogens (tertiary/aromatic N) is 3. The molecule has 33 heavy (non-hydrogen) atoms. The van der Waals surface area contributed by atoms with Crippen LogP contribution in [0.2, 0.25) is 0 Å². The number of benzene rings is 2. The maximum atomic E-state index is 12.4. The van der Waals surface area contributed by atoms with E-state index in [0.29, 0.717) is 29.1 Å². The van der Waals surface area contributed by atoms with Crippen LogP contribution < -0.4 is 11.1 Å². The second kappa shape index (κ2) is 9.13. The van der Waals surface area contributed by atoms with Crippen molar-refractivity contribution in [3.63, 3.8) is 0 Å². The van der Waals surface area contributed by atoms with Crippen molar-refractivity contribution in [2.45, 2.75) is 30.5 Å². The number of sulfone groups is 1. The summed E-state index contributed by atoms with van der Waals surface area (Å²) in [7, 11) is -3.39. The number of nitrogen functional groups attached to an aromatic ring is 1. The molecule has 2 aromatic heterocycles. The fraction of sp³-hybridized carbons (Fsp3) is 0.208. The lowest BCUT2D eigenvalue weighted by molar-refractivity contribution is 0.434. The van der Waals surface area contributed by atoms with Crippen LogP contribution >= 0.6 is 0 Å². The predicted octanol–water partition coefficient (Wildman–Crippen LogP) is 3.95. The van der Waals surface area contributed by atoms with Crippen LogP contribution in [0.15, 0.2) is 70.2 Å². The Kier molecular flexibility index (Phi) is 5.24. The van der Waals surface area contributed by atoms with E-state index in [1.54, 1.807) is 50.2 Å². The molecule has 8 nitrogen and oxygen atoms in total. The fourth-order valence-corrected chi connectivity index (χ4v) is 4.22. The molecule has 170 valence electrons. The van der Waals surface area contributed by atoms with Crippen molar-refractivity contribution in [3.8, 4) is 34.0 Å². The summed E-state index contributed by atoms with van der Waals surface area (Å²) in [6.45, 7) is 2.42. The first-order chi connectivity index (χ1) is 17.1. The molecule has 0 spiro atoms. The van der Waals surface area contributed by atoms with Gasteiger partial charge in [0.25, 0.3) is 0 Å². The predicted molar refractivity (Wildman–Crippen MR) is 128 cm³/mol. The van der Waals surface area contributed by atoms with Gasteiger partial charge in [-0.2, -0.15) is 0 Å². The Morgan fingerprint density at radius 1 is 1.12 bits per heavy atom. The third-order valence-electron chi connectivity index (χ3n) is 5.10. The quantitative estimate of drug-likeness (QED) is 0.420. The van der Waals surface area contributed by atoms with E-state index in [1.165, 1.54) is 18.3 Å². The minimum absolute atomic E-state index is 0.133. The molecule has 0 aliphatic rings. The lowest BCUT2D eigenvalue weighted by Gasteiger charge is -2.09. The van der Waals surface area contributed by atoms with Gasteiger partial charge in [0.15, 0.2) is 27.1 Å². The average Bonchev–Trinajstić information content (AvgIpc) is 3.32. The highest BCUT2D eigenvalue weighted by molar-refractivity contribution is 7.92. The summed E-state index contributed by atoms with van der Waals surface area (Å²) in [6, 6.07) is 13.4. The van der Waals surface area contributed by atoms with Crippen LogP contribution in [0.4, 0.5) is 5.82 Å². The molecule has 0 radical (unpaired) electrons. The maximum absolute atomic E-state index is 12.4. The molecule has 0 bridgehead atoms. The minimum Gasteiger partial charge on any atom is -0.382 e. The zero-order valence-electron chi connectivity index (χ0n) is 21.1. The van der Waals surface area contributed by atoms with Crippen LogP contribution in [-0.2, 0) is 16.4 Å². The van der Waals surface area contributed by atoms with Crippen molar-refractivity contribution >= 4 is 15.7 Å². The van der Waals surface area contributed by atoms with E-state index in [1.807, 2.05) is 0 Å². The molecule has 0 aliphatic carbocycles. The van der Waals surface area contributed by atoms with Crippen LogP contribution in [0.3, 0.4) is 0 Å². The van der Waals surface area contributed by atoms with E-state index in [4.69, 9.17) is 14.4 Å². The van der Waals surface area contributed by atoms with E-state index < -0.39 is 22.1 Å². The smallest absolute Gasteiger partial charge is 0.189 e. The summed E-state index contributed by atoms with van der Waals surface area (Å²) >= 11 is 0. The minimum atomic E-state index is -3.39. The number of anilines is 1. The molecule has 4 aromatic rings. The molecule has 0 fully saturated rings. The lowest BCUT2D eigenvalue weighted by atomic mass is 10.1. The zero-order valence-corrected chi connectivity index (χ0v) is 18.9. The molecular formula is C24H25N5O3S. The van der Waals surface area contributed by atoms with Gasteiger partial charge in [0.05, 0.1) is 23.4 Å². The van der Waals surface area contributed by atoms with E-state index in [0.717, 1.165) is 5.56 Å². The number of nitrogens with two attached hydrogens (primary N) is 1. The topological polar surface area (TPSA) is 124 Å². The molecule has 9 heteroatoms. The van der Waals surface area contributed by atoms with Gasteiger partial charge in [0.2, 0.25) is 0 Å². The number of hydrogen-bond acceptors (Lipinski definition) is 8. The summed E-state index contributed by atoms with van der Waals surface area (Å²) in [5.74, 6) is 0.403. The Morgan fingerprint density at radius 2 is 1.88 bits per heavy atom. The number of nitrogens with one attached hydrogen (secondary N) is 1. The van der Waals surface area contributed by atoms with Gasteiger partial charge in [-0.05, 0) is 38.5 Å². The molecule has 2 aromatic carbocycles. The third-order valence-corrected chi connectivity index (χ3v) is 7.27. The Balaban J connectivity index is 1.62. The molecule has 0 amide bonds. The van der Waals surface area contributed by atoms with Crippen LogP contribution in [0, 0.1) is 0 Å². The maximum Gasteiger partial charge on any atom is 0.189 e. The Morgan fingerprint density at radius 3 is 2.58 bits per heavy atom. The van der Waals surface area contributed by atoms with E-state index in [2.05, 4.69) is 20.4 Å². The van der Waals surface area contributed by atoms with Crippen molar-refractivity contribution < 1.29 is 17.1 Å². The van der Waals surface area contributed by atoms with Crippen LogP contribution in [0.5, 0.6) is 0 Å². The molecule has 0 saturated carbocycles. The first-order valence-electron chi connectivity index (χ1n) is 11.8. The van der Waals surface area contributed by atoms with Crippen molar-refractivity contribution in [2.24, 2.45) is 0 Å². The van der Waals surface area contributed by atoms with Crippen LogP contribution in [0.25, 0.3) is 34.0 Å². The van der Waals surface area contributed by atoms with Gasteiger partial charge < -0.3 is 15.6 Å². The van der Waals surface area contributed by atoms with Crippen molar-refractivity contribution in [3.05, 3.63) is 66.3 Å². The van der Waals surface area contributed by atoms with Gasteiger partial charge in [-0.25, -0.2) is 18.4 Å². The molecule has 4 rings (SSSR count). The molecule has 2 heterocycles. The summed E-state index contributed by atoms with van der Waals surface area (Å²) in [5.41, 5.74) is 9.19. The van der Waals surface area contributed by atoms with Gasteiger partial charge in [-0.1, -0.05) is 41.5 Å². The Bertz CT molecular complexity index is 1490. The third kappa shape index (κ3) is 4.64. The first kappa shape index (κ1) is 19.0. The summed E-state index contributed by atoms with van der Waals surface area (Å²) in [5, 5.41) is 6.21. The zero-order chi connectivity index (χ0) is 26.0. The van der Waals surface area contributed by atoms with Crippen LogP contribution in [-0.4, -0.2) is 35.8 Å². The lowest BCUT2D eigenvalue weighted by Crippen LogP contribution is -2.13. The molecule has 3 N–H and O–H groups in total. The van der Waals surface area contributed by atoms with Crippen molar-refractivity contribution in [2.75, 3.05) is 12.7 Å². The fourth-order valence-electron chi connectivity index (χ4n) is 3.16. The molecular weight excluding hydrogens is 438 g/mol. The first-order valence-corrected chi connectivity index (χ1v) is 11.7. The number of aromatic nitrogens is 3. The van der Waals surface area contributed by atoms with E-state index in [-0.39, 0.29) is 28.2 Å². The summed E-state index contributed by atoms with van der Waals surface area (Å²) in [4.78, 5) is 9.01. The van der Waals surface area contributed by atoms with Gasteiger partial charge in [0, 0.05) is 26.5 Å². The van der Waals surface area contributed by atoms with Gasteiger partial charge in [-0.3, -0.25) is 0 Å². The molecule has 0 saturated heterocycles. The Hall–Kier alpha value is -3.56. The van der Waals surface area contributed by atoms with Crippen molar-refractivity contribution in [1.82, 2.24) is 20.4 Å². The second-order valence-corrected chi connectivity index (χ2v) is 10.2. The largest absolute Gasteiger partial charge is 0.382 e. The molecule has 0 unspecified atom stereocenters. The number of rotatable bonds is 7. The summed E-state index contributed by atoms with van der Waals surface area (Å²) in [6.07, 6.45) is 1.50. The standard InChI is InChI=1S/C24H25N5O3S/c1-15(2)33(30,31)19-10-8-18(9-11-19)21-14-27-24(25)23(28-21)22-12-20(29-32-22)17-6-4-16(5-7-17)13-26-3/h4-12,14-15,26H,13H2,1-3H3,(H2,25,27)/i3D2,6D. The average molecular weight is 467 g/mol. The van der Waals surface area contributed by atoms with Crippen molar-refractivity contribution in [1.29, 1.82) is 0 Å². The van der Waals surface area contributed by atoms with E-state index >= 15 is 0 Å². The number of hydrogen-bond donors (Lipinski definition) is 2. The van der Waals surface area contributed by atoms with Crippen LogP contribution in [0.1, 0.15) is 23.5 Å². The van der Waals surface area contributed by atoms with Gasteiger partial charge in [-0.15, -0.1) is 0 Å². The van der Waals surface area contributed by atoms with Gasteiger partial charge in [0.1, 0.15) is 5.69 Å².